The van der Waals surface area contributed by atoms with E-state index in [1.165, 1.54) is 5.01 Å². The number of amides is 1. The van der Waals surface area contributed by atoms with Gasteiger partial charge in [-0.3, -0.25) is 10.1 Å². The number of aliphatic hydroxyl groups is 1. The number of halogens is 5. The molecule has 0 bridgehead atoms. The summed E-state index contributed by atoms with van der Waals surface area (Å²) in [6.45, 7) is 2.65. The number of aliphatic hydroxyl groups excluding tert-OH is 1. The van der Waals surface area contributed by atoms with Crippen LogP contribution in [0.15, 0.2) is 18.2 Å². The van der Waals surface area contributed by atoms with Gasteiger partial charge in [-0.15, -0.1) is 0 Å². The Morgan fingerprint density at radius 2 is 1.96 bits per heavy atom. The topological polar surface area (TPSA) is 76.6 Å². The van der Waals surface area contributed by atoms with E-state index < -0.39 is 60.7 Å². The quantitative estimate of drug-likeness (QED) is 0.570. The zero-order chi connectivity index (χ0) is 20.8. The third-order valence-electron chi connectivity index (χ3n) is 5.04. The lowest BCUT2D eigenvalue weighted by Gasteiger charge is -2.39. The molecule has 0 aromatic heterocycles. The third-order valence-corrected chi connectivity index (χ3v) is 5.04. The van der Waals surface area contributed by atoms with Crippen molar-refractivity contribution in [1.82, 2.24) is 21.1 Å². The van der Waals surface area contributed by atoms with E-state index >= 15 is 0 Å². The molecule has 1 aromatic carbocycles. The molecule has 0 saturated carbocycles. The van der Waals surface area contributed by atoms with Crippen LogP contribution < -0.4 is 16.1 Å². The van der Waals surface area contributed by atoms with Gasteiger partial charge in [-0.25, -0.2) is 19.2 Å². The minimum absolute atomic E-state index is 0.230. The molecule has 4 N–H and O–H groups in total. The second-order valence-corrected chi connectivity index (χ2v) is 7.27. The molecule has 2 saturated heterocycles. The number of benzene rings is 1. The molecule has 0 spiro atoms. The van der Waals surface area contributed by atoms with E-state index in [1.54, 1.807) is 13.8 Å². The average Bonchev–Trinajstić information content (AvgIpc) is 2.92. The monoisotopic (exact) mass is 408 g/mol. The van der Waals surface area contributed by atoms with Crippen LogP contribution in [0.1, 0.15) is 31.0 Å². The van der Waals surface area contributed by atoms with Gasteiger partial charge >= 0.3 is 6.18 Å². The maximum atomic E-state index is 14.1. The van der Waals surface area contributed by atoms with Gasteiger partial charge in [0.15, 0.2) is 6.35 Å². The smallest absolute Gasteiger partial charge is 0.361 e. The Balaban J connectivity index is 1.98. The van der Waals surface area contributed by atoms with E-state index in [0.717, 1.165) is 12.1 Å². The van der Waals surface area contributed by atoms with Crippen LogP contribution in [0.3, 0.4) is 0 Å². The molecule has 6 nitrogen and oxygen atoms in total. The molecule has 1 amide bonds. The van der Waals surface area contributed by atoms with E-state index in [2.05, 4.69) is 16.1 Å². The predicted molar refractivity (Wildman–Crippen MR) is 88.3 cm³/mol. The van der Waals surface area contributed by atoms with Crippen LogP contribution in [0.2, 0.25) is 0 Å². The summed E-state index contributed by atoms with van der Waals surface area (Å²) in [5, 5.41) is 16.3. The van der Waals surface area contributed by atoms with Crippen molar-refractivity contribution >= 4 is 5.91 Å². The van der Waals surface area contributed by atoms with Gasteiger partial charge in [0, 0.05) is 0 Å². The summed E-state index contributed by atoms with van der Waals surface area (Å²) in [5.74, 6) is -3.10. The average molecular weight is 408 g/mol. The van der Waals surface area contributed by atoms with Crippen molar-refractivity contribution in [3.05, 3.63) is 35.1 Å². The summed E-state index contributed by atoms with van der Waals surface area (Å²) >= 11 is 0. The molecule has 28 heavy (non-hydrogen) atoms. The van der Waals surface area contributed by atoms with Crippen molar-refractivity contribution in [2.24, 2.45) is 11.8 Å². The van der Waals surface area contributed by atoms with Gasteiger partial charge in [-0.1, -0.05) is 19.9 Å². The lowest BCUT2D eigenvalue weighted by molar-refractivity contribution is -0.140. The van der Waals surface area contributed by atoms with Gasteiger partial charge in [-0.2, -0.15) is 13.2 Å². The molecule has 2 aliphatic heterocycles. The Labute approximate surface area is 158 Å². The normalized spacial score (nSPS) is 29.7. The first-order valence-electron chi connectivity index (χ1n) is 8.76. The number of hydrazine groups is 1. The lowest BCUT2D eigenvalue weighted by atomic mass is 9.92. The number of carbonyl (C=O) groups excluding carboxylic acids is 1. The zero-order valence-corrected chi connectivity index (χ0v) is 15.1. The van der Waals surface area contributed by atoms with E-state index in [-0.39, 0.29) is 11.5 Å². The van der Waals surface area contributed by atoms with Crippen molar-refractivity contribution < 1.29 is 31.9 Å². The SMILES string of the molecule is CC(C)C(c1ccc(C(F)(F)F)c(F)c1)N1NC(CF)C2C(=O)NC(O)NC21. The minimum Gasteiger partial charge on any atom is -0.361 e. The summed E-state index contributed by atoms with van der Waals surface area (Å²) in [6.07, 6.45) is -7.02. The van der Waals surface area contributed by atoms with Gasteiger partial charge in [0.25, 0.3) is 0 Å². The number of alkyl halides is 4. The first-order chi connectivity index (χ1) is 13.0. The number of hydrogen-bond donors (Lipinski definition) is 4. The van der Waals surface area contributed by atoms with E-state index in [4.69, 9.17) is 0 Å². The number of rotatable bonds is 4. The molecule has 5 atom stereocenters. The fourth-order valence-electron chi connectivity index (χ4n) is 3.89. The van der Waals surface area contributed by atoms with Crippen LogP contribution >= 0.6 is 0 Å². The maximum absolute atomic E-state index is 14.1. The number of carbonyl (C=O) groups is 1. The standard InChI is InChI=1S/C17H21F5N4O2/c1-7(2)13(8-3-4-9(10(19)5-8)17(20,21)22)26-14-12(11(6-18)25-26)15(27)24-16(28)23-14/h3-5,7,11-14,16,23,25,28H,6H2,1-2H3,(H,24,27). The molecule has 0 radical (unpaired) electrons. The van der Waals surface area contributed by atoms with Crippen LogP contribution in [-0.2, 0) is 11.0 Å². The Hall–Kier alpha value is -1.82. The predicted octanol–water partition coefficient (Wildman–Crippen LogP) is 1.64. The Bertz CT molecular complexity index is 745. The van der Waals surface area contributed by atoms with Crippen LogP contribution in [-0.4, -0.2) is 41.3 Å². The fourth-order valence-corrected chi connectivity index (χ4v) is 3.89. The largest absolute Gasteiger partial charge is 0.419 e. The van der Waals surface area contributed by atoms with Gasteiger partial charge < -0.3 is 10.4 Å². The van der Waals surface area contributed by atoms with Crippen molar-refractivity contribution in [3.63, 3.8) is 0 Å². The number of hydrogen-bond acceptors (Lipinski definition) is 5. The van der Waals surface area contributed by atoms with Gasteiger partial charge in [0.05, 0.1) is 29.7 Å². The molecular formula is C17H21F5N4O2. The molecular weight excluding hydrogens is 387 g/mol. The molecule has 11 heteroatoms. The molecule has 2 heterocycles. The highest BCUT2D eigenvalue weighted by molar-refractivity contribution is 5.81. The summed E-state index contributed by atoms with van der Waals surface area (Å²) in [4.78, 5) is 12.2. The van der Waals surface area contributed by atoms with Crippen LogP contribution in [0.25, 0.3) is 0 Å². The Morgan fingerprint density at radius 1 is 1.29 bits per heavy atom. The van der Waals surface area contributed by atoms with E-state index in [0.29, 0.717) is 6.07 Å². The first kappa shape index (κ1) is 20.9. The van der Waals surface area contributed by atoms with Gasteiger partial charge in [0.1, 0.15) is 12.5 Å². The second kappa shape index (κ2) is 7.54. The Morgan fingerprint density at radius 3 is 2.50 bits per heavy atom. The van der Waals surface area contributed by atoms with Crippen LogP contribution in [0, 0.1) is 17.7 Å². The highest BCUT2D eigenvalue weighted by Gasteiger charge is 2.52. The third kappa shape index (κ3) is 3.71. The van der Waals surface area contributed by atoms with Crippen molar-refractivity contribution in [3.8, 4) is 0 Å². The van der Waals surface area contributed by atoms with Crippen LogP contribution in [0.4, 0.5) is 22.0 Å². The molecule has 156 valence electrons. The highest BCUT2D eigenvalue weighted by atomic mass is 19.4. The molecule has 2 aliphatic rings. The zero-order valence-electron chi connectivity index (χ0n) is 15.1. The second-order valence-electron chi connectivity index (χ2n) is 7.27. The van der Waals surface area contributed by atoms with E-state index in [9.17, 15) is 31.9 Å². The van der Waals surface area contributed by atoms with Crippen molar-refractivity contribution in [2.45, 2.75) is 44.6 Å². The molecule has 5 unspecified atom stereocenters. The molecule has 3 rings (SSSR count). The minimum atomic E-state index is -4.82. The highest BCUT2D eigenvalue weighted by Crippen LogP contribution is 2.38. The number of nitrogens with one attached hydrogen (secondary N) is 3. The summed E-state index contributed by atoms with van der Waals surface area (Å²) < 4.78 is 66.2. The number of fused-ring (bicyclic) bond motifs is 1. The summed E-state index contributed by atoms with van der Waals surface area (Å²) in [7, 11) is 0. The lowest BCUT2D eigenvalue weighted by Crippen LogP contribution is -2.65. The fraction of sp³-hybridized carbons (Fsp3) is 0.588. The summed E-state index contributed by atoms with van der Waals surface area (Å²) in [6, 6.07) is 1.04. The summed E-state index contributed by atoms with van der Waals surface area (Å²) in [5.41, 5.74) is 1.71. The van der Waals surface area contributed by atoms with Crippen molar-refractivity contribution in [2.75, 3.05) is 6.67 Å². The molecule has 0 aliphatic carbocycles. The van der Waals surface area contributed by atoms with Crippen molar-refractivity contribution in [1.29, 1.82) is 0 Å². The molecule has 1 aromatic rings. The number of nitrogens with zero attached hydrogens (tertiary/aromatic N) is 1. The first-order valence-corrected chi connectivity index (χ1v) is 8.76. The van der Waals surface area contributed by atoms with Gasteiger partial charge in [0.2, 0.25) is 5.91 Å². The van der Waals surface area contributed by atoms with Crippen LogP contribution in [0.5, 0.6) is 0 Å². The van der Waals surface area contributed by atoms with Gasteiger partial charge in [-0.05, 0) is 23.6 Å². The Kier molecular flexibility index (Phi) is 5.63. The molecule has 2 fully saturated rings. The maximum Gasteiger partial charge on any atom is 0.419 e. The van der Waals surface area contributed by atoms with E-state index in [1.807, 2.05) is 0 Å².